The molecule has 1 atom stereocenters. The van der Waals surface area contributed by atoms with E-state index in [2.05, 4.69) is 10.4 Å². The van der Waals surface area contributed by atoms with Crippen LogP contribution in [0.5, 0.6) is 0 Å². The van der Waals surface area contributed by atoms with Gasteiger partial charge in [0.05, 0.1) is 5.69 Å². The molecule has 128 valence electrons. The highest BCUT2D eigenvalue weighted by Gasteiger charge is 2.25. The summed E-state index contributed by atoms with van der Waals surface area (Å²) in [6, 6.07) is 6.10. The number of carboxylic acid groups (broad SMARTS) is 1. The molecular formula is C18H23N3O3. The predicted molar refractivity (Wildman–Crippen MR) is 91.1 cm³/mol. The summed E-state index contributed by atoms with van der Waals surface area (Å²) in [7, 11) is 1.67. The Morgan fingerprint density at radius 3 is 2.17 bits per heavy atom. The number of carbonyl (C=O) groups is 2. The summed E-state index contributed by atoms with van der Waals surface area (Å²) in [5.74, 6) is -1.37. The zero-order chi connectivity index (χ0) is 18.0. The number of aliphatic carboxylic acids is 1. The van der Waals surface area contributed by atoms with E-state index in [0.29, 0.717) is 11.3 Å². The van der Waals surface area contributed by atoms with Crippen molar-refractivity contribution in [2.24, 2.45) is 7.05 Å². The van der Waals surface area contributed by atoms with Crippen LogP contribution in [0.25, 0.3) is 0 Å². The number of benzene rings is 1. The van der Waals surface area contributed by atoms with Crippen molar-refractivity contribution < 1.29 is 14.7 Å². The zero-order valence-electron chi connectivity index (χ0n) is 14.6. The van der Waals surface area contributed by atoms with E-state index < -0.39 is 17.9 Å². The fraction of sp³-hybridized carbons (Fsp3) is 0.389. The maximum Gasteiger partial charge on any atom is 0.330 e. The zero-order valence-corrected chi connectivity index (χ0v) is 14.6. The SMILES string of the molecule is Cc1cc(C)cc(C(NC(=O)c2cc(C(C)C)nn2C)C(=O)O)c1. The quantitative estimate of drug-likeness (QED) is 0.883. The molecule has 2 aromatic rings. The van der Waals surface area contributed by atoms with Gasteiger partial charge < -0.3 is 10.4 Å². The minimum atomic E-state index is -1.10. The average molecular weight is 329 g/mol. The first-order valence-electron chi connectivity index (χ1n) is 7.85. The third-order valence-electron chi connectivity index (χ3n) is 3.82. The van der Waals surface area contributed by atoms with Crippen molar-refractivity contribution in [1.82, 2.24) is 15.1 Å². The smallest absolute Gasteiger partial charge is 0.330 e. The van der Waals surface area contributed by atoms with Crippen LogP contribution in [-0.4, -0.2) is 26.8 Å². The van der Waals surface area contributed by atoms with Gasteiger partial charge in [-0.2, -0.15) is 5.10 Å². The van der Waals surface area contributed by atoms with Crippen LogP contribution in [0.4, 0.5) is 0 Å². The molecule has 1 aromatic heterocycles. The average Bonchev–Trinajstić information content (AvgIpc) is 2.85. The Morgan fingerprint density at radius 1 is 1.12 bits per heavy atom. The van der Waals surface area contributed by atoms with E-state index in [1.807, 2.05) is 33.8 Å². The van der Waals surface area contributed by atoms with Gasteiger partial charge in [-0.05, 0) is 31.4 Å². The molecule has 1 unspecified atom stereocenters. The number of nitrogens with zero attached hydrogens (tertiary/aromatic N) is 2. The second-order valence-electron chi connectivity index (χ2n) is 6.40. The van der Waals surface area contributed by atoms with Crippen LogP contribution in [0.1, 0.15) is 58.7 Å². The molecule has 0 saturated carbocycles. The van der Waals surface area contributed by atoms with Crippen LogP contribution in [-0.2, 0) is 11.8 Å². The van der Waals surface area contributed by atoms with Crippen LogP contribution >= 0.6 is 0 Å². The summed E-state index contributed by atoms with van der Waals surface area (Å²) in [5.41, 5.74) is 3.59. The summed E-state index contributed by atoms with van der Waals surface area (Å²) >= 11 is 0. The number of amides is 1. The number of nitrogens with one attached hydrogen (secondary N) is 1. The van der Waals surface area contributed by atoms with Crippen LogP contribution in [0.3, 0.4) is 0 Å². The molecule has 0 aliphatic heterocycles. The second kappa shape index (κ2) is 6.86. The molecule has 1 amide bonds. The number of carbonyl (C=O) groups excluding carboxylic acids is 1. The van der Waals surface area contributed by atoms with Crippen molar-refractivity contribution in [3.8, 4) is 0 Å². The largest absolute Gasteiger partial charge is 0.479 e. The number of aromatic nitrogens is 2. The fourth-order valence-electron chi connectivity index (χ4n) is 2.65. The first-order chi connectivity index (χ1) is 11.2. The summed E-state index contributed by atoms with van der Waals surface area (Å²) in [6.07, 6.45) is 0. The fourth-order valence-corrected chi connectivity index (χ4v) is 2.65. The lowest BCUT2D eigenvalue weighted by atomic mass is 10.0. The van der Waals surface area contributed by atoms with Crippen molar-refractivity contribution in [2.45, 2.75) is 39.7 Å². The highest BCUT2D eigenvalue weighted by molar-refractivity contribution is 5.95. The van der Waals surface area contributed by atoms with Gasteiger partial charge in [0.1, 0.15) is 5.69 Å². The molecule has 2 rings (SSSR count). The van der Waals surface area contributed by atoms with Gasteiger partial charge in [0.15, 0.2) is 6.04 Å². The lowest BCUT2D eigenvalue weighted by Gasteiger charge is -2.16. The van der Waals surface area contributed by atoms with Gasteiger partial charge in [-0.1, -0.05) is 43.2 Å². The Hall–Kier alpha value is -2.63. The van der Waals surface area contributed by atoms with Crippen molar-refractivity contribution >= 4 is 11.9 Å². The number of hydrogen-bond donors (Lipinski definition) is 2. The number of rotatable bonds is 5. The van der Waals surface area contributed by atoms with Crippen LogP contribution < -0.4 is 5.32 Å². The van der Waals surface area contributed by atoms with Gasteiger partial charge in [0, 0.05) is 7.05 Å². The third-order valence-corrected chi connectivity index (χ3v) is 3.82. The van der Waals surface area contributed by atoms with E-state index in [1.54, 1.807) is 25.2 Å². The Kier molecular flexibility index (Phi) is 5.07. The Balaban J connectivity index is 2.31. The van der Waals surface area contributed by atoms with Gasteiger partial charge in [0.2, 0.25) is 0 Å². The summed E-state index contributed by atoms with van der Waals surface area (Å²) in [5, 5.41) is 16.4. The summed E-state index contributed by atoms with van der Waals surface area (Å²) in [4.78, 5) is 24.2. The molecule has 0 aliphatic carbocycles. The first-order valence-corrected chi connectivity index (χ1v) is 7.85. The molecule has 6 heteroatoms. The van der Waals surface area contributed by atoms with Crippen molar-refractivity contribution in [1.29, 1.82) is 0 Å². The molecule has 0 spiro atoms. The van der Waals surface area contributed by atoms with E-state index in [4.69, 9.17) is 0 Å². The lowest BCUT2D eigenvalue weighted by molar-refractivity contribution is -0.139. The molecule has 24 heavy (non-hydrogen) atoms. The Bertz CT molecular complexity index is 758. The third kappa shape index (κ3) is 3.82. The van der Waals surface area contributed by atoms with Gasteiger partial charge in [-0.15, -0.1) is 0 Å². The molecule has 1 heterocycles. The normalized spacial score (nSPS) is 12.2. The van der Waals surface area contributed by atoms with Gasteiger partial charge in [-0.3, -0.25) is 9.48 Å². The van der Waals surface area contributed by atoms with Crippen molar-refractivity contribution in [2.75, 3.05) is 0 Å². The van der Waals surface area contributed by atoms with Crippen LogP contribution in [0.15, 0.2) is 24.3 Å². The van der Waals surface area contributed by atoms with E-state index in [-0.39, 0.29) is 5.92 Å². The van der Waals surface area contributed by atoms with E-state index in [0.717, 1.165) is 16.8 Å². The summed E-state index contributed by atoms with van der Waals surface area (Å²) < 4.78 is 1.48. The maximum atomic E-state index is 12.5. The number of hydrogen-bond acceptors (Lipinski definition) is 3. The number of aryl methyl sites for hydroxylation is 3. The molecule has 0 aliphatic rings. The molecule has 1 aromatic carbocycles. The standard InChI is InChI=1S/C18H23N3O3/c1-10(2)14-9-15(21(5)20-14)17(22)19-16(18(23)24)13-7-11(3)6-12(4)8-13/h6-10,16H,1-5H3,(H,19,22)(H,23,24). The van der Waals surface area contributed by atoms with Crippen LogP contribution in [0, 0.1) is 13.8 Å². The van der Waals surface area contributed by atoms with Gasteiger partial charge >= 0.3 is 5.97 Å². The van der Waals surface area contributed by atoms with Crippen molar-refractivity contribution in [3.63, 3.8) is 0 Å². The molecule has 0 saturated heterocycles. The molecule has 2 N–H and O–H groups in total. The topological polar surface area (TPSA) is 84.2 Å². The van der Waals surface area contributed by atoms with Gasteiger partial charge in [-0.25, -0.2) is 4.79 Å². The first kappa shape index (κ1) is 17.7. The molecule has 6 nitrogen and oxygen atoms in total. The molecule has 0 radical (unpaired) electrons. The Labute approximate surface area is 141 Å². The van der Waals surface area contributed by atoms with Crippen LogP contribution in [0.2, 0.25) is 0 Å². The highest BCUT2D eigenvalue weighted by Crippen LogP contribution is 2.19. The lowest BCUT2D eigenvalue weighted by Crippen LogP contribution is -2.34. The van der Waals surface area contributed by atoms with E-state index in [1.165, 1.54) is 4.68 Å². The molecule has 0 fully saturated rings. The minimum absolute atomic E-state index is 0.187. The Morgan fingerprint density at radius 2 is 1.71 bits per heavy atom. The number of carboxylic acids is 1. The van der Waals surface area contributed by atoms with Crippen molar-refractivity contribution in [3.05, 3.63) is 52.3 Å². The highest BCUT2D eigenvalue weighted by atomic mass is 16.4. The van der Waals surface area contributed by atoms with E-state index >= 15 is 0 Å². The monoisotopic (exact) mass is 329 g/mol. The van der Waals surface area contributed by atoms with E-state index in [9.17, 15) is 14.7 Å². The summed E-state index contributed by atoms with van der Waals surface area (Å²) in [6.45, 7) is 7.76. The minimum Gasteiger partial charge on any atom is -0.479 e. The predicted octanol–water partition coefficient (Wildman–Crippen LogP) is 2.72. The second-order valence-corrected chi connectivity index (χ2v) is 6.40. The maximum absolute atomic E-state index is 12.5. The van der Waals surface area contributed by atoms with Gasteiger partial charge in [0.25, 0.3) is 5.91 Å². The molecular weight excluding hydrogens is 306 g/mol. The molecule has 0 bridgehead atoms.